The van der Waals surface area contributed by atoms with Crippen LogP contribution in [0.5, 0.6) is 0 Å². The van der Waals surface area contributed by atoms with Crippen LogP contribution in [-0.4, -0.2) is 23.1 Å². The Balaban J connectivity index is 2.09. The number of benzene rings is 1. The van der Waals surface area contributed by atoms with E-state index < -0.39 is 6.09 Å². The zero-order valence-electron chi connectivity index (χ0n) is 13.0. The minimum absolute atomic E-state index is 0.0639. The molecule has 1 aliphatic heterocycles. The number of nitrogens with one attached hydrogen (secondary N) is 1. The van der Waals surface area contributed by atoms with E-state index in [1.54, 1.807) is 0 Å². The third-order valence-corrected chi connectivity index (χ3v) is 4.85. The molecule has 3 atom stereocenters. The molecule has 5 nitrogen and oxygen atoms in total. The van der Waals surface area contributed by atoms with E-state index in [1.807, 2.05) is 36.1 Å². The van der Waals surface area contributed by atoms with Crippen LogP contribution in [0, 0.1) is 11.8 Å². The number of nitrogens with zero attached hydrogens (tertiary/aromatic N) is 1. The van der Waals surface area contributed by atoms with Crippen molar-refractivity contribution in [3.8, 4) is 0 Å². The number of amides is 2. The van der Waals surface area contributed by atoms with Crippen LogP contribution in [0.3, 0.4) is 0 Å². The smallest absolute Gasteiger partial charge is 0.405 e. The summed E-state index contributed by atoms with van der Waals surface area (Å²) in [5.74, 6) is 0.663. The molecule has 2 N–H and O–H groups in total. The summed E-state index contributed by atoms with van der Waals surface area (Å²) in [6.45, 7) is 3.93. The zero-order chi connectivity index (χ0) is 15.9. The quantitative estimate of drug-likeness (QED) is 0.901. The van der Waals surface area contributed by atoms with Crippen LogP contribution in [-0.2, 0) is 4.79 Å². The molecule has 3 rings (SSSR count). The number of hydrogen-bond donors (Lipinski definition) is 2. The van der Waals surface area contributed by atoms with Gasteiger partial charge >= 0.3 is 6.09 Å². The molecule has 0 spiro atoms. The first-order valence-corrected chi connectivity index (χ1v) is 7.95. The highest BCUT2D eigenvalue weighted by molar-refractivity contribution is 5.95. The van der Waals surface area contributed by atoms with Crippen LogP contribution in [0.25, 0.3) is 0 Å². The maximum Gasteiger partial charge on any atom is 0.405 e. The van der Waals surface area contributed by atoms with Crippen molar-refractivity contribution in [2.24, 2.45) is 11.8 Å². The van der Waals surface area contributed by atoms with E-state index in [4.69, 9.17) is 0 Å². The number of carbonyl (C=O) groups excluding carboxylic acids is 1. The summed E-state index contributed by atoms with van der Waals surface area (Å²) in [6.07, 6.45) is 1.67. The van der Waals surface area contributed by atoms with E-state index in [-0.39, 0.29) is 23.9 Å². The Bertz CT molecular complexity index is 597. The van der Waals surface area contributed by atoms with Crippen molar-refractivity contribution in [3.05, 3.63) is 29.8 Å². The average molecular weight is 302 g/mol. The summed E-state index contributed by atoms with van der Waals surface area (Å²) in [4.78, 5) is 25.7. The van der Waals surface area contributed by atoms with Gasteiger partial charge in [0.05, 0.1) is 6.04 Å². The Morgan fingerprint density at radius 3 is 2.59 bits per heavy atom. The Labute approximate surface area is 130 Å². The molecule has 5 heteroatoms. The van der Waals surface area contributed by atoms with E-state index >= 15 is 0 Å². The molecule has 118 valence electrons. The van der Waals surface area contributed by atoms with Crippen molar-refractivity contribution >= 4 is 17.7 Å². The van der Waals surface area contributed by atoms with Gasteiger partial charge in [-0.25, -0.2) is 4.79 Å². The fourth-order valence-corrected chi connectivity index (χ4v) is 3.74. The van der Waals surface area contributed by atoms with E-state index in [1.165, 1.54) is 0 Å². The molecule has 1 heterocycles. The standard InChI is InChI=1S/C17H22N2O3/c1-3-14(20)19-13-7-5-4-6-12(13)15(18-17(21)22)10(2)16(19)11-8-9-11/h4-7,10-11,15-16,18H,3,8-9H2,1-2H3,(H,21,22)/t10-,15-,16+/m1/s1. The second-order valence-electron chi connectivity index (χ2n) is 6.29. The number of anilines is 1. The maximum absolute atomic E-state index is 12.5. The predicted octanol–water partition coefficient (Wildman–Crippen LogP) is 3.17. The minimum atomic E-state index is -1.02. The highest BCUT2D eigenvalue weighted by Crippen LogP contribution is 2.49. The van der Waals surface area contributed by atoms with Crippen molar-refractivity contribution < 1.29 is 14.7 Å². The van der Waals surface area contributed by atoms with Gasteiger partial charge in [0, 0.05) is 24.1 Å². The second kappa shape index (κ2) is 5.63. The molecule has 2 amide bonds. The zero-order valence-corrected chi connectivity index (χ0v) is 13.0. The molecule has 2 aliphatic rings. The molecule has 0 aromatic heterocycles. The van der Waals surface area contributed by atoms with Gasteiger partial charge in [0.2, 0.25) is 5.91 Å². The van der Waals surface area contributed by atoms with Crippen molar-refractivity contribution in [1.82, 2.24) is 5.32 Å². The van der Waals surface area contributed by atoms with Crippen LogP contribution < -0.4 is 10.2 Å². The molecule has 0 unspecified atom stereocenters. The van der Waals surface area contributed by atoms with Gasteiger partial charge in [-0.1, -0.05) is 32.0 Å². The first-order valence-electron chi connectivity index (χ1n) is 7.95. The van der Waals surface area contributed by atoms with Crippen LogP contribution >= 0.6 is 0 Å². The predicted molar refractivity (Wildman–Crippen MR) is 83.8 cm³/mol. The monoisotopic (exact) mass is 302 g/mol. The number of hydrogen-bond acceptors (Lipinski definition) is 2. The molecule has 0 bridgehead atoms. The van der Waals surface area contributed by atoms with E-state index in [0.29, 0.717) is 12.3 Å². The molecule has 1 aliphatic carbocycles. The van der Waals surface area contributed by atoms with Crippen LogP contribution in [0.15, 0.2) is 24.3 Å². The highest BCUT2D eigenvalue weighted by Gasteiger charge is 2.48. The van der Waals surface area contributed by atoms with Gasteiger partial charge in [-0.3, -0.25) is 4.79 Å². The fraction of sp³-hybridized carbons (Fsp3) is 0.529. The van der Waals surface area contributed by atoms with Crippen molar-refractivity contribution in [1.29, 1.82) is 0 Å². The molecule has 0 saturated heterocycles. The minimum Gasteiger partial charge on any atom is -0.465 e. The van der Waals surface area contributed by atoms with Gasteiger partial charge in [0.1, 0.15) is 0 Å². The number of rotatable bonds is 3. The molecule has 1 aromatic rings. The topological polar surface area (TPSA) is 69.6 Å². The Morgan fingerprint density at radius 1 is 1.32 bits per heavy atom. The van der Waals surface area contributed by atoms with Gasteiger partial charge in [-0.05, 0) is 30.4 Å². The SMILES string of the molecule is CCC(=O)N1c2ccccc2[C@H](NC(=O)O)[C@@H](C)[C@H]1C1CC1. The lowest BCUT2D eigenvalue weighted by Crippen LogP contribution is -2.53. The largest absolute Gasteiger partial charge is 0.465 e. The number of carboxylic acid groups (broad SMARTS) is 1. The van der Waals surface area contributed by atoms with Gasteiger partial charge in [-0.2, -0.15) is 0 Å². The molecule has 1 fully saturated rings. The van der Waals surface area contributed by atoms with Crippen molar-refractivity contribution in [3.63, 3.8) is 0 Å². The Hall–Kier alpha value is -2.04. The first-order chi connectivity index (χ1) is 10.5. The Kier molecular flexibility index (Phi) is 3.81. The lowest BCUT2D eigenvalue weighted by atomic mass is 9.80. The summed E-state index contributed by atoms with van der Waals surface area (Å²) in [6, 6.07) is 7.48. The third kappa shape index (κ3) is 2.45. The van der Waals surface area contributed by atoms with Crippen LogP contribution in [0.1, 0.15) is 44.7 Å². The number of fused-ring (bicyclic) bond motifs is 1. The van der Waals surface area contributed by atoms with Gasteiger partial charge in [0.25, 0.3) is 0 Å². The summed E-state index contributed by atoms with van der Waals surface area (Å²) in [7, 11) is 0. The van der Waals surface area contributed by atoms with Crippen molar-refractivity contribution in [2.75, 3.05) is 4.90 Å². The maximum atomic E-state index is 12.5. The average Bonchev–Trinajstić information content (AvgIpc) is 3.33. The molecular formula is C17H22N2O3. The number of para-hydroxylation sites is 1. The van der Waals surface area contributed by atoms with Gasteiger partial charge in [0.15, 0.2) is 0 Å². The highest BCUT2D eigenvalue weighted by atomic mass is 16.4. The van der Waals surface area contributed by atoms with E-state index in [9.17, 15) is 14.7 Å². The molecule has 1 aromatic carbocycles. The first kappa shape index (κ1) is 14.9. The van der Waals surface area contributed by atoms with Crippen LogP contribution in [0.2, 0.25) is 0 Å². The fourth-order valence-electron chi connectivity index (χ4n) is 3.74. The lowest BCUT2D eigenvalue weighted by molar-refractivity contribution is -0.119. The molecular weight excluding hydrogens is 280 g/mol. The Morgan fingerprint density at radius 2 is 2.00 bits per heavy atom. The summed E-state index contributed by atoms with van der Waals surface area (Å²) < 4.78 is 0. The summed E-state index contributed by atoms with van der Waals surface area (Å²) in [5, 5.41) is 11.8. The normalized spacial score (nSPS) is 27.2. The summed E-state index contributed by atoms with van der Waals surface area (Å²) >= 11 is 0. The molecule has 1 saturated carbocycles. The molecule has 22 heavy (non-hydrogen) atoms. The van der Waals surface area contributed by atoms with E-state index in [2.05, 4.69) is 12.2 Å². The second-order valence-corrected chi connectivity index (χ2v) is 6.29. The molecule has 0 radical (unpaired) electrons. The number of carbonyl (C=O) groups is 2. The summed E-state index contributed by atoms with van der Waals surface area (Å²) in [5.41, 5.74) is 1.76. The van der Waals surface area contributed by atoms with Gasteiger partial charge < -0.3 is 15.3 Å². The van der Waals surface area contributed by atoms with Crippen molar-refractivity contribution in [2.45, 2.75) is 45.2 Å². The third-order valence-electron chi connectivity index (χ3n) is 4.85. The van der Waals surface area contributed by atoms with Crippen LogP contribution in [0.4, 0.5) is 10.5 Å². The lowest BCUT2D eigenvalue weighted by Gasteiger charge is -2.45. The van der Waals surface area contributed by atoms with Gasteiger partial charge in [-0.15, -0.1) is 0 Å². The van der Waals surface area contributed by atoms with E-state index in [0.717, 1.165) is 24.1 Å².